The number of carbonyl (C=O) groups excluding carboxylic acids is 3. The first kappa shape index (κ1) is 32.8. The number of carbonyl (C=O) groups is 3. The van der Waals surface area contributed by atoms with Gasteiger partial charge in [0.25, 0.3) is 0 Å². The zero-order valence-electron chi connectivity index (χ0n) is 24.7. The number of aromatic nitrogens is 2. The molecule has 4 atom stereocenters. The quantitative estimate of drug-likeness (QED) is 0.201. The molecule has 0 bridgehead atoms. The highest BCUT2D eigenvalue weighted by Gasteiger charge is 2.63. The number of ether oxygens (including phenoxy) is 4. The van der Waals surface area contributed by atoms with Gasteiger partial charge >= 0.3 is 23.6 Å². The van der Waals surface area contributed by atoms with Crippen LogP contribution in [-0.4, -0.2) is 59.9 Å². The molecule has 1 aromatic heterocycles. The van der Waals surface area contributed by atoms with Crippen molar-refractivity contribution < 1.29 is 33.3 Å². The maximum absolute atomic E-state index is 13.2. The minimum atomic E-state index is -2.16. The summed E-state index contributed by atoms with van der Waals surface area (Å²) in [6.07, 6.45) is -2.75. The van der Waals surface area contributed by atoms with Crippen LogP contribution in [0.25, 0.3) is 0 Å². The lowest BCUT2D eigenvalue weighted by Crippen LogP contribution is -2.55. The van der Waals surface area contributed by atoms with Crippen molar-refractivity contribution in [1.82, 2.24) is 9.55 Å². The minimum absolute atomic E-state index is 0.0329. The molecule has 0 saturated carbocycles. The fraction of sp³-hybridized carbons (Fsp3) is 0.483. The van der Waals surface area contributed by atoms with Crippen LogP contribution in [0, 0.1) is 23.3 Å². The number of halogens is 1. The number of hydrogen-bond donors (Lipinski definition) is 1. The van der Waals surface area contributed by atoms with Gasteiger partial charge in [0.15, 0.2) is 6.23 Å². The van der Waals surface area contributed by atoms with E-state index in [9.17, 15) is 19.2 Å². The van der Waals surface area contributed by atoms with E-state index in [1.807, 2.05) is 19.6 Å². The Morgan fingerprint density at radius 2 is 1.71 bits per heavy atom. The van der Waals surface area contributed by atoms with Crippen LogP contribution in [0.2, 0.25) is 24.7 Å². The first-order chi connectivity index (χ1) is 19.5. The Balaban J connectivity index is 2.21. The summed E-state index contributed by atoms with van der Waals surface area (Å²) in [5.41, 5.74) is 6.35. The number of nitrogen functional groups attached to an aromatic ring is 1. The van der Waals surface area contributed by atoms with Gasteiger partial charge in [-0.1, -0.05) is 64.9 Å². The molecule has 0 radical (unpaired) electrons. The van der Waals surface area contributed by atoms with E-state index in [1.165, 1.54) is 36.5 Å². The van der Waals surface area contributed by atoms with Crippen LogP contribution in [0.1, 0.15) is 44.3 Å². The topological polar surface area (TPSA) is 149 Å². The molecule has 2 N–H and O–H groups in total. The molecule has 1 aliphatic heterocycles. The summed E-state index contributed by atoms with van der Waals surface area (Å²) in [5.74, 6) is -0.173. The number of esters is 3. The largest absolute Gasteiger partial charge is 0.459 e. The monoisotopic (exact) mass is 617 g/mol. The molecule has 1 aliphatic rings. The maximum Gasteiger partial charge on any atom is 0.351 e. The normalized spacial score (nSPS) is 21.9. The lowest BCUT2D eigenvalue weighted by atomic mass is 9.92. The second-order valence-electron chi connectivity index (χ2n) is 11.5. The van der Waals surface area contributed by atoms with Gasteiger partial charge in [0.05, 0.1) is 17.4 Å². The fourth-order valence-electron chi connectivity index (χ4n) is 3.83. The summed E-state index contributed by atoms with van der Waals surface area (Å²) in [6, 6.07) is 7.43. The SMILES string of the molecule is CC(C)C(=O)O[C@H]1[C@H](n2ccc(N)nc2=O)O[C@H](COC(=O)c2ccc(Cl)cc2)[C@@]1(C#C[Si](C)(C)C)OC(=O)C(C)C. The Morgan fingerprint density at radius 1 is 1.10 bits per heavy atom. The molecule has 1 saturated heterocycles. The molecule has 42 heavy (non-hydrogen) atoms. The molecular formula is C29H36ClN3O8Si. The van der Waals surface area contributed by atoms with E-state index in [4.69, 9.17) is 36.3 Å². The smallest absolute Gasteiger partial charge is 0.351 e. The van der Waals surface area contributed by atoms with Crippen LogP contribution < -0.4 is 11.4 Å². The Hall–Kier alpha value is -3.66. The second-order valence-corrected chi connectivity index (χ2v) is 16.7. The van der Waals surface area contributed by atoms with Gasteiger partial charge in [-0.05, 0) is 30.3 Å². The summed E-state index contributed by atoms with van der Waals surface area (Å²) in [6.45, 7) is 12.0. The van der Waals surface area contributed by atoms with Crippen molar-refractivity contribution >= 4 is 43.4 Å². The van der Waals surface area contributed by atoms with Crippen molar-refractivity contribution in [3.05, 3.63) is 57.6 Å². The Bertz CT molecular complexity index is 1440. The van der Waals surface area contributed by atoms with Crippen molar-refractivity contribution in [2.45, 2.75) is 71.4 Å². The number of nitrogens with zero attached hydrogens (tertiary/aromatic N) is 2. The average molecular weight is 618 g/mol. The van der Waals surface area contributed by atoms with Gasteiger partial charge in [-0.25, -0.2) is 9.59 Å². The molecule has 3 rings (SSSR count). The van der Waals surface area contributed by atoms with Gasteiger partial charge in [-0.3, -0.25) is 14.2 Å². The van der Waals surface area contributed by atoms with E-state index in [-0.39, 0.29) is 11.4 Å². The van der Waals surface area contributed by atoms with E-state index in [2.05, 4.69) is 16.4 Å². The minimum Gasteiger partial charge on any atom is -0.459 e. The van der Waals surface area contributed by atoms with Crippen molar-refractivity contribution in [3.8, 4) is 11.5 Å². The molecule has 13 heteroatoms. The van der Waals surface area contributed by atoms with Gasteiger partial charge in [0.1, 0.15) is 26.6 Å². The standard InChI is InChI=1S/C29H36ClN3O8Si/c1-17(2)25(34)40-23-24(33-14-12-22(31)32-28(33)37)39-21(16-38-27(36)19-8-10-20(30)11-9-19)29(23,13-15-42(5,6)7)41-26(35)18(3)4/h8-12,14,17-18,21,23-24H,16H2,1-7H3,(H2,31,32,37)/t21-,23+,24-,29-/m1/s1. The Kier molecular flexibility index (Phi) is 10.2. The van der Waals surface area contributed by atoms with Crippen molar-refractivity contribution in [1.29, 1.82) is 0 Å². The van der Waals surface area contributed by atoms with Crippen LogP contribution in [0.3, 0.4) is 0 Å². The molecule has 1 aromatic carbocycles. The number of benzene rings is 1. The summed E-state index contributed by atoms with van der Waals surface area (Å²) in [7, 11) is -2.16. The van der Waals surface area contributed by atoms with Gasteiger partial charge < -0.3 is 24.7 Å². The first-order valence-corrected chi connectivity index (χ1v) is 17.3. The highest BCUT2D eigenvalue weighted by molar-refractivity contribution is 6.83. The van der Waals surface area contributed by atoms with Crippen LogP contribution in [0.4, 0.5) is 5.82 Å². The molecular weight excluding hydrogens is 582 g/mol. The highest BCUT2D eigenvalue weighted by atomic mass is 35.5. The maximum atomic E-state index is 13.2. The average Bonchev–Trinajstić information content (AvgIpc) is 3.18. The van der Waals surface area contributed by atoms with Gasteiger partial charge in [0.2, 0.25) is 11.7 Å². The fourth-order valence-corrected chi connectivity index (χ4v) is 4.52. The van der Waals surface area contributed by atoms with Crippen molar-refractivity contribution in [2.24, 2.45) is 11.8 Å². The van der Waals surface area contributed by atoms with E-state index in [0.717, 1.165) is 4.57 Å². The lowest BCUT2D eigenvalue weighted by molar-refractivity contribution is -0.182. The molecule has 2 aromatic rings. The second kappa shape index (κ2) is 13.1. The van der Waals surface area contributed by atoms with Crippen LogP contribution in [0.5, 0.6) is 0 Å². The third kappa shape index (κ3) is 7.79. The third-order valence-electron chi connectivity index (χ3n) is 6.12. The van der Waals surface area contributed by atoms with Crippen LogP contribution >= 0.6 is 11.6 Å². The molecule has 0 spiro atoms. The predicted molar refractivity (Wildman–Crippen MR) is 158 cm³/mol. The van der Waals surface area contributed by atoms with Gasteiger partial charge in [0, 0.05) is 11.2 Å². The van der Waals surface area contributed by atoms with E-state index in [0.29, 0.717) is 5.02 Å². The molecule has 2 heterocycles. The number of hydrogen-bond acceptors (Lipinski definition) is 10. The van der Waals surface area contributed by atoms with Crippen molar-refractivity contribution in [3.63, 3.8) is 0 Å². The summed E-state index contributed by atoms with van der Waals surface area (Å²) >= 11 is 5.94. The highest BCUT2D eigenvalue weighted by Crippen LogP contribution is 2.43. The summed E-state index contributed by atoms with van der Waals surface area (Å²) in [5, 5.41) is 0.437. The summed E-state index contributed by atoms with van der Waals surface area (Å²) < 4.78 is 24.9. The first-order valence-electron chi connectivity index (χ1n) is 13.4. The zero-order valence-corrected chi connectivity index (χ0v) is 26.4. The number of rotatable bonds is 8. The molecule has 0 aliphatic carbocycles. The van der Waals surface area contributed by atoms with E-state index >= 15 is 0 Å². The predicted octanol–water partition coefficient (Wildman–Crippen LogP) is 3.62. The number of anilines is 1. The molecule has 226 valence electrons. The molecule has 0 unspecified atom stereocenters. The van der Waals surface area contributed by atoms with Crippen molar-refractivity contribution in [2.75, 3.05) is 12.3 Å². The third-order valence-corrected chi connectivity index (χ3v) is 7.25. The molecule has 1 fully saturated rings. The summed E-state index contributed by atoms with van der Waals surface area (Å²) in [4.78, 5) is 55.9. The molecule has 11 nitrogen and oxygen atoms in total. The Labute approximate surface area is 250 Å². The van der Waals surface area contributed by atoms with Crippen LogP contribution in [0.15, 0.2) is 41.3 Å². The van der Waals surface area contributed by atoms with E-state index in [1.54, 1.807) is 27.7 Å². The van der Waals surface area contributed by atoms with Gasteiger partial charge in [-0.2, -0.15) is 4.98 Å². The zero-order chi connectivity index (χ0) is 31.4. The Morgan fingerprint density at radius 3 is 2.26 bits per heavy atom. The number of nitrogens with two attached hydrogens (primary N) is 1. The van der Waals surface area contributed by atoms with E-state index < -0.39 is 74.2 Å². The molecule has 0 amide bonds. The van der Waals surface area contributed by atoms with Gasteiger partial charge in [-0.15, -0.1) is 5.54 Å². The van der Waals surface area contributed by atoms with Crippen LogP contribution in [-0.2, 0) is 28.5 Å². The lowest BCUT2D eigenvalue weighted by Gasteiger charge is -2.34.